The molecule has 1 amide bonds. The first kappa shape index (κ1) is 24.6. The third-order valence-electron chi connectivity index (χ3n) is 4.17. The SMILES string of the molecule is O=C(N[C@H](CF)[C@@H](O)c1ccc(-c2ccc(CNS(=O)(=O)C(F)F)nc2)cc1)C(F)F. The lowest BCUT2D eigenvalue weighted by Gasteiger charge is -2.22. The lowest BCUT2D eigenvalue weighted by molar-refractivity contribution is -0.133. The summed E-state index contributed by atoms with van der Waals surface area (Å²) in [5.74, 6) is -5.25. The van der Waals surface area contributed by atoms with Crippen molar-refractivity contribution in [3.05, 3.63) is 53.9 Å². The molecule has 0 aliphatic carbocycles. The number of rotatable bonds is 10. The number of carbonyl (C=O) groups is 1. The summed E-state index contributed by atoms with van der Waals surface area (Å²) in [5, 5.41) is 11.9. The van der Waals surface area contributed by atoms with Crippen molar-refractivity contribution in [1.29, 1.82) is 0 Å². The summed E-state index contributed by atoms with van der Waals surface area (Å²) in [4.78, 5) is 15.0. The molecule has 0 radical (unpaired) electrons. The molecule has 13 heteroatoms. The van der Waals surface area contributed by atoms with Crippen LogP contribution in [0, 0.1) is 0 Å². The fourth-order valence-electron chi connectivity index (χ4n) is 2.49. The zero-order valence-electron chi connectivity index (χ0n) is 15.7. The Bertz CT molecular complexity index is 973. The molecule has 2 aromatic rings. The second-order valence-electron chi connectivity index (χ2n) is 6.30. The lowest BCUT2D eigenvalue weighted by atomic mass is 9.99. The largest absolute Gasteiger partial charge is 0.386 e. The van der Waals surface area contributed by atoms with Gasteiger partial charge < -0.3 is 10.4 Å². The second kappa shape index (κ2) is 10.6. The van der Waals surface area contributed by atoms with Crippen molar-refractivity contribution in [2.75, 3.05) is 6.67 Å². The number of pyridine rings is 1. The van der Waals surface area contributed by atoms with Crippen LogP contribution < -0.4 is 10.0 Å². The van der Waals surface area contributed by atoms with Gasteiger partial charge in [0.25, 0.3) is 15.9 Å². The minimum Gasteiger partial charge on any atom is -0.386 e. The van der Waals surface area contributed by atoms with Crippen LogP contribution in [0.1, 0.15) is 17.4 Å². The smallest absolute Gasteiger partial charge is 0.350 e. The molecule has 0 bridgehead atoms. The van der Waals surface area contributed by atoms with E-state index in [0.29, 0.717) is 11.1 Å². The van der Waals surface area contributed by atoms with E-state index < -0.39 is 53.5 Å². The molecule has 2 rings (SSSR count). The number of nitrogens with zero attached hydrogens (tertiary/aromatic N) is 1. The van der Waals surface area contributed by atoms with Crippen LogP contribution in [-0.4, -0.2) is 49.3 Å². The summed E-state index contributed by atoms with van der Waals surface area (Å²) in [6, 6.07) is 7.29. The molecule has 1 heterocycles. The third-order valence-corrected chi connectivity index (χ3v) is 5.19. The summed E-state index contributed by atoms with van der Waals surface area (Å²) >= 11 is 0. The molecule has 31 heavy (non-hydrogen) atoms. The standard InChI is InChI=1S/C18H18F5N3O4S/c19-7-14(26-17(28)16(20)21)15(27)11-3-1-10(2-4-11)12-5-6-13(24-8-12)9-25-31(29,30)18(22)23/h1-6,8,14-16,18,25,27H,7,9H2,(H,26,28)/t14-,15+/m1/s1. The van der Waals surface area contributed by atoms with E-state index in [4.69, 9.17) is 0 Å². The number of sulfonamides is 1. The van der Waals surface area contributed by atoms with Gasteiger partial charge in [-0.1, -0.05) is 30.3 Å². The molecule has 3 N–H and O–H groups in total. The van der Waals surface area contributed by atoms with E-state index >= 15 is 0 Å². The number of halogens is 5. The predicted molar refractivity (Wildman–Crippen MR) is 100 cm³/mol. The van der Waals surface area contributed by atoms with E-state index in [1.807, 2.05) is 0 Å². The molecule has 0 aliphatic heterocycles. The Morgan fingerprint density at radius 2 is 1.65 bits per heavy atom. The number of benzene rings is 1. The van der Waals surface area contributed by atoms with Gasteiger partial charge in [-0.05, 0) is 17.2 Å². The first-order valence-corrected chi connectivity index (χ1v) is 10.2. The van der Waals surface area contributed by atoms with Gasteiger partial charge in [0.2, 0.25) is 0 Å². The number of alkyl halides is 5. The van der Waals surface area contributed by atoms with E-state index in [0.717, 1.165) is 0 Å². The van der Waals surface area contributed by atoms with Crippen molar-refractivity contribution in [2.24, 2.45) is 0 Å². The Morgan fingerprint density at radius 1 is 1.03 bits per heavy atom. The highest BCUT2D eigenvalue weighted by Gasteiger charge is 2.26. The number of carbonyl (C=O) groups excluding carboxylic acids is 1. The van der Waals surface area contributed by atoms with Gasteiger partial charge >= 0.3 is 12.2 Å². The maximum absolute atomic E-state index is 13.1. The van der Waals surface area contributed by atoms with E-state index in [-0.39, 0.29) is 11.3 Å². The molecule has 2 atom stereocenters. The Kier molecular flexibility index (Phi) is 8.42. The first-order chi connectivity index (χ1) is 14.5. The molecule has 170 valence electrons. The van der Waals surface area contributed by atoms with Gasteiger partial charge in [0, 0.05) is 11.8 Å². The van der Waals surface area contributed by atoms with Gasteiger partial charge in [0.05, 0.1) is 18.3 Å². The topological polar surface area (TPSA) is 108 Å². The second-order valence-corrected chi connectivity index (χ2v) is 8.04. The van der Waals surface area contributed by atoms with Crippen LogP contribution in [-0.2, 0) is 21.4 Å². The van der Waals surface area contributed by atoms with Crippen LogP contribution >= 0.6 is 0 Å². The molecule has 0 saturated heterocycles. The van der Waals surface area contributed by atoms with Crippen molar-refractivity contribution >= 4 is 15.9 Å². The van der Waals surface area contributed by atoms with Crippen LogP contribution in [0.2, 0.25) is 0 Å². The third kappa shape index (κ3) is 6.67. The fourth-order valence-corrected chi connectivity index (χ4v) is 2.97. The van der Waals surface area contributed by atoms with Gasteiger partial charge in [-0.25, -0.2) is 17.5 Å². The number of aliphatic hydroxyl groups excluding tert-OH is 1. The molecular formula is C18H18F5N3O4S. The number of hydrogen-bond acceptors (Lipinski definition) is 5. The molecule has 0 saturated carbocycles. The van der Waals surface area contributed by atoms with Crippen LogP contribution in [0.15, 0.2) is 42.6 Å². The fraction of sp³-hybridized carbons (Fsp3) is 0.333. The number of hydrogen-bond donors (Lipinski definition) is 3. The normalized spacial score (nSPS) is 13.9. The van der Waals surface area contributed by atoms with Crippen LogP contribution in [0.5, 0.6) is 0 Å². The summed E-state index contributed by atoms with van der Waals surface area (Å²) in [7, 11) is -4.73. The van der Waals surface area contributed by atoms with Crippen molar-refractivity contribution in [1.82, 2.24) is 15.0 Å². The van der Waals surface area contributed by atoms with E-state index in [1.165, 1.54) is 36.5 Å². The predicted octanol–water partition coefficient (Wildman–Crippen LogP) is 2.14. The van der Waals surface area contributed by atoms with Crippen molar-refractivity contribution in [3.8, 4) is 11.1 Å². The number of aliphatic hydroxyl groups is 1. The average Bonchev–Trinajstić information content (AvgIpc) is 2.75. The Hall–Kier alpha value is -2.64. The minimum atomic E-state index is -4.73. The van der Waals surface area contributed by atoms with Crippen molar-refractivity contribution < 1.29 is 40.3 Å². The Labute approximate surface area is 174 Å². The molecular weight excluding hydrogens is 449 g/mol. The number of aromatic nitrogens is 1. The molecule has 1 aromatic carbocycles. The maximum Gasteiger partial charge on any atom is 0.350 e. The summed E-state index contributed by atoms with van der Waals surface area (Å²) in [6.07, 6.45) is -3.54. The zero-order chi connectivity index (χ0) is 23.2. The van der Waals surface area contributed by atoms with Gasteiger partial charge in [-0.2, -0.15) is 17.6 Å². The molecule has 0 unspecified atom stereocenters. The number of amides is 1. The minimum absolute atomic E-state index is 0.173. The van der Waals surface area contributed by atoms with Gasteiger partial charge in [0.15, 0.2) is 0 Å². The van der Waals surface area contributed by atoms with E-state index in [2.05, 4.69) is 4.98 Å². The molecule has 7 nitrogen and oxygen atoms in total. The van der Waals surface area contributed by atoms with Gasteiger partial charge in [-0.15, -0.1) is 0 Å². The lowest BCUT2D eigenvalue weighted by Crippen LogP contribution is -2.43. The van der Waals surface area contributed by atoms with E-state index in [9.17, 15) is 40.3 Å². The Morgan fingerprint density at radius 3 is 2.13 bits per heavy atom. The molecule has 1 aromatic heterocycles. The highest BCUT2D eigenvalue weighted by Crippen LogP contribution is 2.24. The quantitative estimate of drug-likeness (QED) is 0.464. The summed E-state index contributed by atoms with van der Waals surface area (Å²) in [6.45, 7) is -1.69. The maximum atomic E-state index is 13.1. The van der Waals surface area contributed by atoms with Crippen LogP contribution in [0.25, 0.3) is 11.1 Å². The van der Waals surface area contributed by atoms with E-state index in [1.54, 1.807) is 16.1 Å². The summed E-state index contributed by atoms with van der Waals surface area (Å²) in [5.41, 5.74) is 1.53. The average molecular weight is 467 g/mol. The summed E-state index contributed by atoms with van der Waals surface area (Å²) < 4.78 is 86.1. The number of nitrogens with one attached hydrogen (secondary N) is 2. The van der Waals surface area contributed by atoms with Gasteiger partial charge in [0.1, 0.15) is 12.8 Å². The highest BCUT2D eigenvalue weighted by atomic mass is 32.2. The van der Waals surface area contributed by atoms with Crippen LogP contribution in [0.4, 0.5) is 22.0 Å². The zero-order valence-corrected chi connectivity index (χ0v) is 16.5. The first-order valence-electron chi connectivity index (χ1n) is 8.69. The van der Waals surface area contributed by atoms with Crippen molar-refractivity contribution in [2.45, 2.75) is 30.9 Å². The molecule has 0 fully saturated rings. The monoisotopic (exact) mass is 467 g/mol. The molecule has 0 aliphatic rings. The van der Waals surface area contributed by atoms with Crippen LogP contribution in [0.3, 0.4) is 0 Å². The Balaban J connectivity index is 2.06. The molecule has 0 spiro atoms. The van der Waals surface area contributed by atoms with Crippen molar-refractivity contribution in [3.63, 3.8) is 0 Å². The van der Waals surface area contributed by atoms with Gasteiger partial charge in [-0.3, -0.25) is 9.78 Å². The highest BCUT2D eigenvalue weighted by molar-refractivity contribution is 7.89.